The van der Waals surface area contributed by atoms with Gasteiger partial charge in [0.15, 0.2) is 6.10 Å². The van der Waals surface area contributed by atoms with Crippen molar-refractivity contribution in [3.8, 4) is 0 Å². The highest BCUT2D eigenvalue weighted by Crippen LogP contribution is 2.28. The van der Waals surface area contributed by atoms with E-state index in [9.17, 15) is 4.79 Å². The van der Waals surface area contributed by atoms with Crippen LogP contribution in [0, 0.1) is 5.92 Å². The summed E-state index contributed by atoms with van der Waals surface area (Å²) in [4.78, 5) is 14.6. The van der Waals surface area contributed by atoms with Crippen LogP contribution in [0.1, 0.15) is 37.4 Å². The Morgan fingerprint density at radius 1 is 1.23 bits per heavy atom. The van der Waals surface area contributed by atoms with Gasteiger partial charge >= 0.3 is 0 Å². The van der Waals surface area contributed by atoms with Crippen LogP contribution in [0.4, 0.5) is 0 Å². The average molecular weight is 302 g/mol. The van der Waals surface area contributed by atoms with Crippen molar-refractivity contribution >= 4 is 5.91 Å². The molecule has 0 aromatic heterocycles. The van der Waals surface area contributed by atoms with Gasteiger partial charge in [0.2, 0.25) is 0 Å². The molecule has 1 aromatic carbocycles. The Morgan fingerprint density at radius 2 is 1.91 bits per heavy atom. The lowest BCUT2D eigenvalue weighted by Gasteiger charge is -2.34. The second-order valence-corrected chi connectivity index (χ2v) is 6.48. The van der Waals surface area contributed by atoms with E-state index in [-0.39, 0.29) is 5.91 Å². The Hall–Kier alpha value is -1.39. The standard InChI is InChI=1S/C18H26N2O2/c1-22-17(15-5-3-2-4-6-15)18(21)20-11-9-16(10-12-20)19-13-14-7-8-14/h2-6,14,16-17,19H,7-13H2,1H3. The molecule has 4 nitrogen and oxygen atoms in total. The van der Waals surface area contributed by atoms with Crippen LogP contribution in [-0.4, -0.2) is 43.6 Å². The van der Waals surface area contributed by atoms with Crippen LogP contribution < -0.4 is 5.32 Å². The van der Waals surface area contributed by atoms with Gasteiger partial charge in [0.05, 0.1) is 0 Å². The maximum absolute atomic E-state index is 12.7. The molecule has 1 N–H and O–H groups in total. The Kier molecular flexibility index (Phi) is 5.11. The number of hydrogen-bond donors (Lipinski definition) is 1. The summed E-state index contributed by atoms with van der Waals surface area (Å²) in [6.45, 7) is 2.81. The van der Waals surface area contributed by atoms with E-state index in [1.807, 2.05) is 35.2 Å². The second kappa shape index (κ2) is 7.25. The molecular weight excluding hydrogens is 276 g/mol. The van der Waals surface area contributed by atoms with Crippen molar-refractivity contribution in [2.45, 2.75) is 37.8 Å². The molecule has 1 heterocycles. The molecular formula is C18H26N2O2. The molecule has 1 atom stereocenters. The van der Waals surface area contributed by atoms with Crippen LogP contribution in [0.5, 0.6) is 0 Å². The van der Waals surface area contributed by atoms with Gasteiger partial charge in [0.1, 0.15) is 0 Å². The van der Waals surface area contributed by atoms with E-state index < -0.39 is 6.10 Å². The highest BCUT2D eigenvalue weighted by Gasteiger charge is 2.30. The van der Waals surface area contributed by atoms with E-state index in [4.69, 9.17) is 4.74 Å². The SMILES string of the molecule is COC(C(=O)N1CCC(NCC2CC2)CC1)c1ccccc1. The van der Waals surface area contributed by atoms with E-state index >= 15 is 0 Å². The molecule has 2 aliphatic rings. The van der Waals surface area contributed by atoms with E-state index in [1.165, 1.54) is 12.8 Å². The number of nitrogens with one attached hydrogen (secondary N) is 1. The Balaban J connectivity index is 1.51. The van der Waals surface area contributed by atoms with Crippen molar-refractivity contribution < 1.29 is 9.53 Å². The Morgan fingerprint density at radius 3 is 2.50 bits per heavy atom. The average Bonchev–Trinajstić information content (AvgIpc) is 3.39. The molecule has 1 aliphatic heterocycles. The smallest absolute Gasteiger partial charge is 0.256 e. The molecule has 1 aliphatic carbocycles. The maximum Gasteiger partial charge on any atom is 0.256 e. The number of rotatable bonds is 6. The van der Waals surface area contributed by atoms with Crippen molar-refractivity contribution in [2.75, 3.05) is 26.7 Å². The minimum atomic E-state index is -0.475. The van der Waals surface area contributed by atoms with Gasteiger partial charge in [-0.25, -0.2) is 0 Å². The molecule has 1 unspecified atom stereocenters. The van der Waals surface area contributed by atoms with Crippen LogP contribution >= 0.6 is 0 Å². The topological polar surface area (TPSA) is 41.6 Å². The first-order chi connectivity index (χ1) is 10.8. The summed E-state index contributed by atoms with van der Waals surface area (Å²) in [5, 5.41) is 3.65. The first-order valence-electron chi connectivity index (χ1n) is 8.38. The van der Waals surface area contributed by atoms with Gasteiger partial charge in [0.25, 0.3) is 5.91 Å². The third kappa shape index (κ3) is 3.87. The summed E-state index contributed by atoms with van der Waals surface area (Å²) < 4.78 is 5.46. The van der Waals surface area contributed by atoms with Crippen LogP contribution in [0.25, 0.3) is 0 Å². The monoisotopic (exact) mass is 302 g/mol. The molecule has 3 rings (SSSR count). The predicted octanol–water partition coefficient (Wildman–Crippen LogP) is 2.36. The molecule has 0 radical (unpaired) electrons. The van der Waals surface area contributed by atoms with Gasteiger partial charge in [-0.15, -0.1) is 0 Å². The molecule has 22 heavy (non-hydrogen) atoms. The summed E-state index contributed by atoms with van der Waals surface area (Å²) in [6, 6.07) is 10.3. The number of ether oxygens (including phenoxy) is 1. The lowest BCUT2D eigenvalue weighted by Crippen LogP contribution is -2.47. The molecule has 2 fully saturated rings. The zero-order valence-corrected chi connectivity index (χ0v) is 13.3. The van der Waals surface area contributed by atoms with Gasteiger partial charge in [-0.2, -0.15) is 0 Å². The van der Waals surface area contributed by atoms with Crippen molar-refractivity contribution in [1.29, 1.82) is 0 Å². The quantitative estimate of drug-likeness (QED) is 0.877. The largest absolute Gasteiger partial charge is 0.367 e. The zero-order chi connectivity index (χ0) is 15.4. The first-order valence-corrected chi connectivity index (χ1v) is 8.38. The molecule has 120 valence electrons. The van der Waals surface area contributed by atoms with Gasteiger partial charge in [-0.3, -0.25) is 4.79 Å². The van der Waals surface area contributed by atoms with E-state index in [0.717, 1.165) is 44.0 Å². The summed E-state index contributed by atoms with van der Waals surface area (Å²) in [7, 11) is 1.61. The molecule has 0 spiro atoms. The Labute approximate surface area is 132 Å². The third-order valence-electron chi connectivity index (χ3n) is 4.76. The van der Waals surface area contributed by atoms with Gasteiger partial charge in [-0.1, -0.05) is 30.3 Å². The lowest BCUT2D eigenvalue weighted by atomic mass is 10.0. The van der Waals surface area contributed by atoms with Crippen molar-refractivity contribution in [3.05, 3.63) is 35.9 Å². The number of likely N-dealkylation sites (tertiary alicyclic amines) is 1. The van der Waals surface area contributed by atoms with E-state index in [2.05, 4.69) is 5.32 Å². The number of carbonyl (C=O) groups excluding carboxylic acids is 1. The number of methoxy groups -OCH3 is 1. The summed E-state index contributed by atoms with van der Waals surface area (Å²) in [5.74, 6) is 1.00. The minimum absolute atomic E-state index is 0.0920. The molecule has 1 amide bonds. The fraction of sp³-hybridized carbons (Fsp3) is 0.611. The van der Waals surface area contributed by atoms with Crippen LogP contribution in [0.15, 0.2) is 30.3 Å². The highest BCUT2D eigenvalue weighted by molar-refractivity contribution is 5.82. The van der Waals surface area contributed by atoms with Gasteiger partial charge in [0, 0.05) is 26.2 Å². The van der Waals surface area contributed by atoms with Gasteiger partial charge < -0.3 is 15.0 Å². The number of carbonyl (C=O) groups is 1. The van der Waals surface area contributed by atoms with E-state index in [0.29, 0.717) is 6.04 Å². The lowest BCUT2D eigenvalue weighted by molar-refractivity contribution is -0.143. The van der Waals surface area contributed by atoms with Crippen LogP contribution in [0.3, 0.4) is 0 Å². The number of piperidine rings is 1. The molecule has 1 saturated heterocycles. The first kappa shape index (κ1) is 15.5. The number of amides is 1. The zero-order valence-electron chi connectivity index (χ0n) is 13.3. The fourth-order valence-electron chi connectivity index (χ4n) is 3.13. The van der Waals surface area contributed by atoms with Crippen LogP contribution in [0.2, 0.25) is 0 Å². The third-order valence-corrected chi connectivity index (χ3v) is 4.76. The second-order valence-electron chi connectivity index (χ2n) is 6.48. The van der Waals surface area contributed by atoms with Crippen LogP contribution in [-0.2, 0) is 9.53 Å². The fourth-order valence-corrected chi connectivity index (χ4v) is 3.13. The van der Waals surface area contributed by atoms with Gasteiger partial charge in [-0.05, 0) is 43.7 Å². The summed E-state index contributed by atoms with van der Waals surface area (Å²) >= 11 is 0. The number of hydrogen-bond acceptors (Lipinski definition) is 3. The summed E-state index contributed by atoms with van der Waals surface area (Å²) in [6.07, 6.45) is 4.39. The predicted molar refractivity (Wildman–Crippen MR) is 86.5 cm³/mol. The van der Waals surface area contributed by atoms with Crippen molar-refractivity contribution in [2.24, 2.45) is 5.92 Å². The summed E-state index contributed by atoms with van der Waals surface area (Å²) in [5.41, 5.74) is 0.934. The molecule has 4 heteroatoms. The highest BCUT2D eigenvalue weighted by atomic mass is 16.5. The molecule has 1 saturated carbocycles. The molecule has 1 aromatic rings. The number of benzene rings is 1. The number of nitrogens with zero attached hydrogens (tertiary/aromatic N) is 1. The minimum Gasteiger partial charge on any atom is -0.367 e. The maximum atomic E-state index is 12.7. The Bertz CT molecular complexity index is 479. The van der Waals surface area contributed by atoms with E-state index in [1.54, 1.807) is 7.11 Å². The normalized spacial score (nSPS) is 20.9. The molecule has 0 bridgehead atoms. The van der Waals surface area contributed by atoms with Crippen molar-refractivity contribution in [1.82, 2.24) is 10.2 Å². The van der Waals surface area contributed by atoms with Crippen molar-refractivity contribution in [3.63, 3.8) is 0 Å².